The number of rotatable bonds is 24. The van der Waals surface area contributed by atoms with Gasteiger partial charge in [-0.25, -0.2) is 9.69 Å². The van der Waals surface area contributed by atoms with Crippen LogP contribution in [-0.4, -0.2) is 11.6 Å². The third-order valence-corrected chi connectivity index (χ3v) is 19.1. The fourth-order valence-electron chi connectivity index (χ4n) is 12.5. The van der Waals surface area contributed by atoms with Gasteiger partial charge in [-0.1, -0.05) is 100 Å². The van der Waals surface area contributed by atoms with Crippen LogP contribution < -0.4 is 37.9 Å². The van der Waals surface area contributed by atoms with Crippen LogP contribution in [0.2, 0.25) is 0 Å². The molecule has 0 aromatic heterocycles. The van der Waals surface area contributed by atoms with Crippen molar-refractivity contribution in [3.63, 3.8) is 0 Å². The van der Waals surface area contributed by atoms with Gasteiger partial charge in [-0.2, -0.15) is 21.0 Å². The van der Waals surface area contributed by atoms with Crippen LogP contribution in [0.1, 0.15) is 104 Å². The summed E-state index contributed by atoms with van der Waals surface area (Å²) in [6, 6.07) is 100. The molecule has 118 heavy (non-hydrogen) atoms. The van der Waals surface area contributed by atoms with E-state index in [1.54, 1.807) is 200 Å². The van der Waals surface area contributed by atoms with Crippen LogP contribution in [0.15, 0.2) is 315 Å². The van der Waals surface area contributed by atoms with E-state index in [1.807, 2.05) is 121 Å². The summed E-state index contributed by atoms with van der Waals surface area (Å²) in [7, 11) is 0. The summed E-state index contributed by atoms with van der Waals surface area (Å²) in [6.07, 6.45) is 0. The van der Waals surface area contributed by atoms with E-state index < -0.39 is 0 Å². The number of hydrogen-bond acceptors (Lipinski definition) is 14. The maximum absolute atomic E-state index is 13.4. The molecule has 18 nitrogen and oxygen atoms in total. The Morgan fingerprint density at radius 2 is 0.432 bits per heavy atom. The van der Waals surface area contributed by atoms with Crippen LogP contribution in [-0.2, 0) is 10.8 Å². The SMILES string of the molecule is [C-]#[N+]c1ccc(Oc2ccc(C(C)(C)c3ccc(Oc4ccc(C(=O)c5ccc(Oc6ccc(C(C)(C)c7ccc(Oc8ccc(C#N)c(C#N)c8)cc7)cc6)cc5)cc4)cc3)cc2)cc1[N+]#[C-].[C-]#[N+]c1ccc(Oc2cccc(Oc3ccc(C(=O)c4ccc(Oc5cccc(Oc6ccc(C#N)c(C#N)c6)c5)cc4)cc3)c2)cc1[N+]#[C-]. The molecule has 0 saturated heterocycles. The van der Waals surface area contributed by atoms with E-state index in [0.717, 1.165) is 22.3 Å². The molecule has 0 aliphatic rings. The van der Waals surface area contributed by atoms with E-state index in [2.05, 4.69) is 47.1 Å². The largest absolute Gasteiger partial charge is 0.459 e. The minimum atomic E-state index is -0.326. The first kappa shape index (κ1) is 78.8. The number of nitrogens with zero attached hydrogens (tertiary/aromatic N) is 8. The standard InChI is InChI=1S/C59H42N4O5.C41H22N4O5/c1-58(2,45-16-29-51(30-17-45)67-53-24-11-41(37-60)42(35-53)38-61)43-12-25-49(26-13-43)65-47-20-7-39(8-21-47)57(64)40-9-22-48(23-10-40)66-50-27-14-44(15-28-50)59(3,4)46-18-31-52(32-19-46)68-54-33-34-55(62-5)56(36-54)63-6;1-44-39-20-19-38(24-40(39)45-2)50-36-8-4-6-34(23-36)48-32-16-11-28(12-17-32)41(46)27-9-14-31(15-10-27)47-33-5-3-7-35(22-33)49-37-18-13-29(25-42)30(21-37)26-43/h7-36H,1-4H3;3-24H. The molecule has 0 atom stereocenters. The second-order valence-electron chi connectivity index (χ2n) is 27.5. The van der Waals surface area contributed by atoms with Crippen LogP contribution in [0, 0.1) is 71.6 Å². The predicted octanol–water partition coefficient (Wildman–Crippen LogP) is 26.5. The van der Waals surface area contributed by atoms with Gasteiger partial charge in [0, 0.05) is 45.2 Å². The van der Waals surface area contributed by atoms with E-state index in [-0.39, 0.29) is 56.1 Å². The summed E-state index contributed by atoms with van der Waals surface area (Å²) in [4.78, 5) is 40.2. The molecule has 0 heterocycles. The summed E-state index contributed by atoms with van der Waals surface area (Å²) in [5, 5.41) is 37.0. The monoisotopic (exact) mass is 1540 g/mol. The third-order valence-electron chi connectivity index (χ3n) is 19.1. The van der Waals surface area contributed by atoms with Gasteiger partial charge in [0.05, 0.1) is 48.5 Å². The van der Waals surface area contributed by atoms with Gasteiger partial charge in [0.25, 0.3) is 0 Å². The zero-order valence-corrected chi connectivity index (χ0v) is 63.7. The molecular weight excluding hydrogens is 1470 g/mol. The Labute approximate surface area is 681 Å². The molecule has 0 saturated carbocycles. The molecular formula is C100H64N8O10. The van der Waals surface area contributed by atoms with Crippen molar-refractivity contribution in [2.24, 2.45) is 0 Å². The van der Waals surface area contributed by atoms with Crippen molar-refractivity contribution in [3.8, 4) is 116 Å². The van der Waals surface area contributed by atoms with Gasteiger partial charge in [-0.05, 0) is 253 Å². The second-order valence-corrected chi connectivity index (χ2v) is 27.5. The van der Waals surface area contributed by atoms with E-state index >= 15 is 0 Å². The molecule has 0 unspecified atom stereocenters. The number of benzene rings is 14. The molecule has 0 aliphatic carbocycles. The van der Waals surface area contributed by atoms with Gasteiger partial charge in [0.2, 0.25) is 0 Å². The van der Waals surface area contributed by atoms with Crippen molar-refractivity contribution in [1.82, 2.24) is 0 Å². The average Bonchev–Trinajstić information content (AvgIpc) is 0.798. The fraction of sp³-hybridized carbons (Fsp3) is 0.0600. The number of nitriles is 4. The molecule has 14 aromatic rings. The molecule has 14 aromatic carbocycles. The van der Waals surface area contributed by atoms with Gasteiger partial charge in [0.15, 0.2) is 34.3 Å². The smallest absolute Gasteiger partial charge is 0.198 e. The van der Waals surface area contributed by atoms with Crippen LogP contribution in [0.25, 0.3) is 19.4 Å². The molecule has 0 radical (unpaired) electrons. The average molecular weight is 1540 g/mol. The van der Waals surface area contributed by atoms with Crippen molar-refractivity contribution in [3.05, 3.63) is 428 Å². The number of carbonyl (C=O) groups excluding carboxylic acids is 2. The van der Waals surface area contributed by atoms with Gasteiger partial charge in [0.1, 0.15) is 116 Å². The molecule has 0 fully saturated rings. The van der Waals surface area contributed by atoms with Crippen LogP contribution in [0.3, 0.4) is 0 Å². The summed E-state index contributed by atoms with van der Waals surface area (Å²) in [5.41, 5.74) is 7.86. The van der Waals surface area contributed by atoms with Gasteiger partial charge < -0.3 is 37.9 Å². The maximum Gasteiger partial charge on any atom is 0.198 e. The summed E-state index contributed by atoms with van der Waals surface area (Å²) < 4.78 is 47.9. The Morgan fingerprint density at radius 3 is 0.669 bits per heavy atom. The molecule has 18 heteroatoms. The lowest BCUT2D eigenvalue weighted by molar-refractivity contribution is 0.103. The number of hydrogen-bond donors (Lipinski definition) is 0. The van der Waals surface area contributed by atoms with E-state index in [1.165, 1.54) is 18.2 Å². The van der Waals surface area contributed by atoms with Crippen LogP contribution >= 0.6 is 0 Å². The summed E-state index contributed by atoms with van der Waals surface area (Å²) in [6.45, 7) is 37.6. The Bertz CT molecular complexity index is 6080. The highest BCUT2D eigenvalue weighted by Crippen LogP contribution is 2.41. The Balaban J connectivity index is 0.000000214. The molecule has 0 spiro atoms. The zero-order valence-electron chi connectivity index (χ0n) is 63.7. The Morgan fingerprint density at radius 1 is 0.237 bits per heavy atom. The Hall–Kier alpha value is -17.3. The normalized spacial score (nSPS) is 10.5. The first-order chi connectivity index (χ1) is 57.3. The number of ether oxygens (including phenoxy) is 8. The third kappa shape index (κ3) is 19.0. The number of ketones is 2. The van der Waals surface area contributed by atoms with Crippen molar-refractivity contribution in [1.29, 1.82) is 21.0 Å². The lowest BCUT2D eigenvalue weighted by atomic mass is 9.78. The second kappa shape index (κ2) is 35.8. The van der Waals surface area contributed by atoms with Crippen LogP contribution in [0.4, 0.5) is 22.7 Å². The highest BCUT2D eigenvalue weighted by atomic mass is 16.5. The molecule has 0 amide bonds. The number of carbonyl (C=O) groups is 2. The van der Waals surface area contributed by atoms with Gasteiger partial charge in [-0.3, -0.25) is 19.3 Å². The summed E-state index contributed by atoms with van der Waals surface area (Å²) in [5.74, 6) is 8.37. The Kier molecular flexibility index (Phi) is 23.9. The summed E-state index contributed by atoms with van der Waals surface area (Å²) >= 11 is 0. The van der Waals surface area contributed by atoms with Crippen molar-refractivity contribution >= 4 is 34.3 Å². The van der Waals surface area contributed by atoms with Crippen molar-refractivity contribution in [2.75, 3.05) is 0 Å². The van der Waals surface area contributed by atoms with E-state index in [0.29, 0.717) is 125 Å². The first-order valence-electron chi connectivity index (χ1n) is 36.5. The van der Waals surface area contributed by atoms with Gasteiger partial charge >= 0.3 is 0 Å². The molecule has 564 valence electrons. The highest BCUT2D eigenvalue weighted by molar-refractivity contribution is 6.09. The zero-order chi connectivity index (χ0) is 82.7. The predicted molar refractivity (Wildman–Crippen MR) is 446 cm³/mol. The minimum absolute atomic E-state index is 0.118. The van der Waals surface area contributed by atoms with E-state index in [4.69, 9.17) is 69.4 Å². The lowest BCUT2D eigenvalue weighted by Crippen LogP contribution is -2.18. The maximum atomic E-state index is 13.4. The molecule has 0 bridgehead atoms. The minimum Gasteiger partial charge on any atom is -0.459 e. The first-order valence-corrected chi connectivity index (χ1v) is 36.5. The van der Waals surface area contributed by atoms with Crippen molar-refractivity contribution in [2.45, 2.75) is 38.5 Å². The van der Waals surface area contributed by atoms with Gasteiger partial charge in [-0.15, -0.1) is 0 Å². The van der Waals surface area contributed by atoms with Crippen LogP contribution in [0.5, 0.6) is 92.0 Å². The topological polar surface area (TPSA) is 221 Å². The fourth-order valence-corrected chi connectivity index (χ4v) is 12.5. The molecule has 14 rings (SSSR count). The highest BCUT2D eigenvalue weighted by Gasteiger charge is 2.26. The quantitative estimate of drug-likeness (QED) is 0.0406. The lowest BCUT2D eigenvalue weighted by Gasteiger charge is -2.26. The molecule has 0 aliphatic heterocycles. The van der Waals surface area contributed by atoms with E-state index in [9.17, 15) is 25.4 Å². The van der Waals surface area contributed by atoms with Crippen molar-refractivity contribution < 1.29 is 47.5 Å². The molecule has 0 N–H and O–H groups in total.